The largest absolute Gasteiger partial charge is 0.508 e. The minimum absolute atomic E-state index is 0.0806. The van der Waals surface area contributed by atoms with Crippen LogP contribution in [0.2, 0.25) is 5.02 Å². The van der Waals surface area contributed by atoms with Crippen LogP contribution in [0.4, 0.5) is 5.88 Å². The number of Topliss-reactive ketones (excluding diaryl/α,β-unsaturated/α-hetero) is 1. The monoisotopic (exact) mass is 406 g/mol. The molecular formula is C23H19ClN2O3. The lowest BCUT2D eigenvalue weighted by Gasteiger charge is -2.34. The van der Waals surface area contributed by atoms with E-state index in [1.807, 2.05) is 43.3 Å². The highest BCUT2D eigenvalue weighted by molar-refractivity contribution is 6.30. The number of halogens is 1. The molecule has 6 heteroatoms. The Bertz CT molecular complexity index is 1130. The number of aromatic hydroxyl groups is 1. The minimum Gasteiger partial charge on any atom is -0.508 e. The predicted molar refractivity (Wildman–Crippen MR) is 110 cm³/mol. The van der Waals surface area contributed by atoms with E-state index in [4.69, 9.17) is 16.1 Å². The number of anilines is 1. The molecule has 5 rings (SSSR count). The molecule has 0 fully saturated rings. The third-order valence-corrected chi connectivity index (χ3v) is 6.08. The summed E-state index contributed by atoms with van der Waals surface area (Å²) >= 11 is 6.02. The number of rotatable bonds is 2. The number of aryl methyl sites for hydroxylation is 1. The molecule has 0 saturated carbocycles. The van der Waals surface area contributed by atoms with Crippen LogP contribution in [-0.4, -0.2) is 16.0 Å². The van der Waals surface area contributed by atoms with Crippen molar-refractivity contribution in [2.24, 2.45) is 0 Å². The van der Waals surface area contributed by atoms with Crippen LogP contribution < -0.4 is 5.32 Å². The van der Waals surface area contributed by atoms with Crippen molar-refractivity contribution in [3.63, 3.8) is 0 Å². The van der Waals surface area contributed by atoms with Gasteiger partial charge >= 0.3 is 0 Å². The van der Waals surface area contributed by atoms with Gasteiger partial charge in [-0.1, -0.05) is 41.0 Å². The Morgan fingerprint density at radius 1 is 1.07 bits per heavy atom. The third-order valence-electron chi connectivity index (χ3n) is 5.83. The van der Waals surface area contributed by atoms with Crippen LogP contribution in [0, 0.1) is 6.92 Å². The highest BCUT2D eigenvalue weighted by Gasteiger charge is 2.41. The molecule has 2 aliphatic rings. The minimum atomic E-state index is -0.258. The molecule has 1 aliphatic heterocycles. The van der Waals surface area contributed by atoms with E-state index in [9.17, 15) is 9.90 Å². The molecule has 1 aromatic heterocycles. The summed E-state index contributed by atoms with van der Waals surface area (Å²) in [6, 6.07) is 14.7. The molecule has 2 atom stereocenters. The van der Waals surface area contributed by atoms with Crippen LogP contribution in [0.5, 0.6) is 5.75 Å². The van der Waals surface area contributed by atoms with Crippen LogP contribution in [0.25, 0.3) is 0 Å². The fraction of sp³-hybridized carbons (Fsp3) is 0.217. The molecule has 146 valence electrons. The molecule has 0 amide bonds. The van der Waals surface area contributed by atoms with Gasteiger partial charge in [0.25, 0.3) is 0 Å². The molecule has 2 heterocycles. The van der Waals surface area contributed by atoms with Crippen molar-refractivity contribution in [3.05, 3.63) is 87.2 Å². The van der Waals surface area contributed by atoms with Crippen LogP contribution in [-0.2, 0) is 4.79 Å². The number of ketones is 1. The first-order valence-corrected chi connectivity index (χ1v) is 9.93. The van der Waals surface area contributed by atoms with Crippen LogP contribution in [0.15, 0.2) is 64.3 Å². The second-order valence-corrected chi connectivity index (χ2v) is 8.07. The number of benzene rings is 2. The van der Waals surface area contributed by atoms with Crippen LogP contribution in [0.1, 0.15) is 47.1 Å². The summed E-state index contributed by atoms with van der Waals surface area (Å²) in [6.07, 6.45) is 1.15. The molecule has 3 aromatic rings. The smallest absolute Gasteiger partial charge is 0.233 e. The van der Waals surface area contributed by atoms with Crippen molar-refractivity contribution in [1.82, 2.24) is 5.16 Å². The lowest BCUT2D eigenvalue weighted by atomic mass is 9.72. The second kappa shape index (κ2) is 6.78. The average molecular weight is 407 g/mol. The number of nitrogens with zero attached hydrogens (tertiary/aromatic N) is 1. The molecule has 2 N–H and O–H groups in total. The predicted octanol–water partition coefficient (Wildman–Crippen LogP) is 5.30. The van der Waals surface area contributed by atoms with Gasteiger partial charge in [0, 0.05) is 28.6 Å². The molecule has 5 nitrogen and oxygen atoms in total. The number of aromatic nitrogens is 1. The highest BCUT2D eigenvalue weighted by atomic mass is 35.5. The van der Waals surface area contributed by atoms with E-state index in [0.717, 1.165) is 33.7 Å². The maximum Gasteiger partial charge on any atom is 0.233 e. The third kappa shape index (κ3) is 3.02. The van der Waals surface area contributed by atoms with Crippen molar-refractivity contribution in [2.45, 2.75) is 31.6 Å². The second-order valence-electron chi connectivity index (χ2n) is 7.63. The van der Waals surface area contributed by atoms with Crippen LogP contribution in [0.3, 0.4) is 0 Å². The summed E-state index contributed by atoms with van der Waals surface area (Å²) in [7, 11) is 0. The maximum atomic E-state index is 13.3. The lowest BCUT2D eigenvalue weighted by Crippen LogP contribution is -2.29. The molecule has 0 radical (unpaired) electrons. The van der Waals surface area contributed by atoms with Gasteiger partial charge in [0.05, 0.1) is 11.3 Å². The Balaban J connectivity index is 1.61. The zero-order valence-corrected chi connectivity index (χ0v) is 16.5. The van der Waals surface area contributed by atoms with Crippen molar-refractivity contribution >= 4 is 23.3 Å². The van der Waals surface area contributed by atoms with E-state index in [-0.39, 0.29) is 23.4 Å². The maximum absolute atomic E-state index is 13.3. The number of phenolic OH excluding ortho intramolecular Hbond substituents is 1. The summed E-state index contributed by atoms with van der Waals surface area (Å²) in [5.41, 5.74) is 5.31. The normalized spacial score (nSPS) is 20.8. The highest BCUT2D eigenvalue weighted by Crippen LogP contribution is 2.49. The first-order valence-electron chi connectivity index (χ1n) is 9.55. The van der Waals surface area contributed by atoms with Gasteiger partial charge in [0.15, 0.2) is 5.78 Å². The number of phenols is 1. The Kier molecular flexibility index (Phi) is 4.21. The van der Waals surface area contributed by atoms with Crippen molar-refractivity contribution < 1.29 is 14.4 Å². The number of nitrogens with one attached hydrogen (secondary N) is 1. The molecule has 1 aliphatic carbocycles. The number of hydrogen-bond donors (Lipinski definition) is 2. The zero-order valence-electron chi connectivity index (χ0n) is 15.8. The summed E-state index contributed by atoms with van der Waals surface area (Å²) in [6.45, 7) is 1.88. The number of fused-ring (bicyclic) bond motifs is 1. The SMILES string of the molecule is Cc1noc2c1C(c1ccc(O)cc1)C1=C(CC(c3ccc(Cl)cc3)CC1=O)N2. The first kappa shape index (κ1) is 18.0. The van der Waals surface area contributed by atoms with Crippen molar-refractivity contribution in [2.75, 3.05) is 5.32 Å². The van der Waals surface area contributed by atoms with Gasteiger partial charge in [-0.2, -0.15) is 0 Å². The van der Waals surface area contributed by atoms with Gasteiger partial charge in [-0.25, -0.2) is 0 Å². The number of allylic oxidation sites excluding steroid dienone is 2. The van der Waals surface area contributed by atoms with Crippen LogP contribution >= 0.6 is 11.6 Å². The Hall–Kier alpha value is -3.05. The first-order chi connectivity index (χ1) is 14.0. The summed E-state index contributed by atoms with van der Waals surface area (Å²) in [4.78, 5) is 13.3. The summed E-state index contributed by atoms with van der Waals surface area (Å²) in [5, 5.41) is 17.8. The van der Waals surface area contributed by atoms with E-state index in [1.165, 1.54) is 0 Å². The van der Waals surface area contributed by atoms with Gasteiger partial charge in [-0.3, -0.25) is 4.79 Å². The van der Waals surface area contributed by atoms with Gasteiger partial charge in [0.1, 0.15) is 5.75 Å². The fourth-order valence-corrected chi connectivity index (χ4v) is 4.57. The molecule has 2 unspecified atom stereocenters. The van der Waals surface area contributed by atoms with E-state index in [1.54, 1.807) is 12.1 Å². The Morgan fingerprint density at radius 3 is 2.48 bits per heavy atom. The van der Waals surface area contributed by atoms with E-state index < -0.39 is 0 Å². The molecule has 2 aromatic carbocycles. The van der Waals surface area contributed by atoms with Gasteiger partial charge in [0.2, 0.25) is 5.88 Å². The Morgan fingerprint density at radius 2 is 1.76 bits per heavy atom. The molecular weight excluding hydrogens is 388 g/mol. The Labute approximate surface area is 173 Å². The number of hydrogen-bond acceptors (Lipinski definition) is 5. The summed E-state index contributed by atoms with van der Waals surface area (Å²) < 4.78 is 5.53. The van der Waals surface area contributed by atoms with Gasteiger partial charge in [-0.15, -0.1) is 0 Å². The van der Waals surface area contributed by atoms with E-state index in [2.05, 4.69) is 10.5 Å². The van der Waals surface area contributed by atoms with Gasteiger partial charge in [-0.05, 0) is 54.7 Å². The van der Waals surface area contributed by atoms with Crippen molar-refractivity contribution in [3.8, 4) is 5.75 Å². The van der Waals surface area contributed by atoms with Gasteiger partial charge < -0.3 is 14.9 Å². The zero-order chi connectivity index (χ0) is 20.1. The molecule has 29 heavy (non-hydrogen) atoms. The topological polar surface area (TPSA) is 75.4 Å². The lowest BCUT2D eigenvalue weighted by molar-refractivity contribution is -0.116. The molecule has 0 spiro atoms. The van der Waals surface area contributed by atoms with Crippen molar-refractivity contribution in [1.29, 1.82) is 0 Å². The standard InChI is InChI=1S/C23H19ClN2O3/c1-12-20-21(14-4-8-17(27)9-5-14)22-18(25-23(20)29-26-12)10-15(11-19(22)28)13-2-6-16(24)7-3-13/h2-9,15,21,25,27H,10-11H2,1H3. The fourth-order valence-electron chi connectivity index (χ4n) is 4.44. The summed E-state index contributed by atoms with van der Waals surface area (Å²) in [5.74, 6) is 0.715. The van der Waals surface area contributed by atoms with E-state index in [0.29, 0.717) is 23.7 Å². The average Bonchev–Trinajstić information content (AvgIpc) is 3.08. The molecule has 0 bridgehead atoms. The number of carbonyl (C=O) groups excluding carboxylic acids is 1. The molecule has 0 saturated heterocycles. The quantitative estimate of drug-likeness (QED) is 0.604. The van der Waals surface area contributed by atoms with E-state index >= 15 is 0 Å². The number of carbonyl (C=O) groups is 1.